The summed E-state index contributed by atoms with van der Waals surface area (Å²) in [4.78, 5) is 38.1. The number of hydrogen-bond acceptors (Lipinski definition) is 5. The number of likely N-dealkylation sites (tertiary alicyclic amines) is 1. The first-order chi connectivity index (χ1) is 16.4. The molecule has 0 atom stereocenters. The van der Waals surface area contributed by atoms with Crippen molar-refractivity contribution in [3.8, 4) is 0 Å². The highest BCUT2D eigenvalue weighted by atomic mass is 19.1. The summed E-state index contributed by atoms with van der Waals surface area (Å²) in [6.07, 6.45) is 1.10. The summed E-state index contributed by atoms with van der Waals surface area (Å²) < 4.78 is 13.0. The van der Waals surface area contributed by atoms with Gasteiger partial charge < -0.3 is 15.5 Å². The SMILES string of the molecule is O=C(NC1CCN(C(=O)c2ccc(Nc3ccccc3)c([N+](=O)[O-])c2)CC1)c1ccc(F)cc1. The van der Waals surface area contributed by atoms with E-state index in [1.165, 1.54) is 36.4 Å². The van der Waals surface area contributed by atoms with Crippen molar-refractivity contribution in [3.63, 3.8) is 0 Å². The molecule has 3 aromatic rings. The maximum atomic E-state index is 13.0. The lowest BCUT2D eigenvalue weighted by atomic mass is 10.0. The lowest BCUT2D eigenvalue weighted by Crippen LogP contribution is -2.46. The van der Waals surface area contributed by atoms with Crippen LogP contribution in [0.5, 0.6) is 0 Å². The Bertz CT molecular complexity index is 1190. The van der Waals surface area contributed by atoms with E-state index in [9.17, 15) is 24.1 Å². The highest BCUT2D eigenvalue weighted by Gasteiger charge is 2.26. The molecule has 1 aliphatic heterocycles. The molecule has 3 aromatic carbocycles. The molecule has 4 rings (SSSR count). The molecule has 34 heavy (non-hydrogen) atoms. The second-order valence-corrected chi connectivity index (χ2v) is 8.03. The van der Waals surface area contributed by atoms with Crippen LogP contribution in [0, 0.1) is 15.9 Å². The van der Waals surface area contributed by atoms with Crippen LogP contribution in [0.15, 0.2) is 72.8 Å². The van der Waals surface area contributed by atoms with Crippen LogP contribution < -0.4 is 10.6 Å². The average Bonchev–Trinajstić information content (AvgIpc) is 2.85. The Morgan fingerprint density at radius 2 is 1.59 bits per heavy atom. The van der Waals surface area contributed by atoms with Gasteiger partial charge in [0.15, 0.2) is 0 Å². The van der Waals surface area contributed by atoms with Crippen LogP contribution in [0.25, 0.3) is 0 Å². The van der Waals surface area contributed by atoms with Crippen LogP contribution in [-0.2, 0) is 0 Å². The molecule has 1 saturated heterocycles. The number of nitro benzene ring substituents is 1. The zero-order chi connectivity index (χ0) is 24.1. The minimum Gasteiger partial charge on any atom is -0.350 e. The molecule has 0 spiro atoms. The third-order valence-corrected chi connectivity index (χ3v) is 5.72. The number of nitro groups is 1. The molecule has 8 nitrogen and oxygen atoms in total. The van der Waals surface area contributed by atoms with E-state index in [4.69, 9.17) is 0 Å². The zero-order valence-electron chi connectivity index (χ0n) is 18.2. The minimum atomic E-state index is -0.515. The van der Waals surface area contributed by atoms with Gasteiger partial charge in [-0.05, 0) is 61.4 Å². The number of carbonyl (C=O) groups excluding carboxylic acids is 2. The molecule has 1 heterocycles. The maximum Gasteiger partial charge on any atom is 0.293 e. The van der Waals surface area contributed by atoms with Crippen molar-refractivity contribution >= 4 is 28.9 Å². The number of para-hydroxylation sites is 1. The van der Waals surface area contributed by atoms with Crippen molar-refractivity contribution in [3.05, 3.63) is 99.9 Å². The van der Waals surface area contributed by atoms with Crippen molar-refractivity contribution in [1.82, 2.24) is 10.2 Å². The molecule has 2 N–H and O–H groups in total. The molecule has 0 bridgehead atoms. The van der Waals surface area contributed by atoms with Crippen LogP contribution in [0.2, 0.25) is 0 Å². The molecular formula is C25H23FN4O4. The first-order valence-electron chi connectivity index (χ1n) is 10.9. The van der Waals surface area contributed by atoms with E-state index in [-0.39, 0.29) is 29.1 Å². The smallest absolute Gasteiger partial charge is 0.293 e. The maximum absolute atomic E-state index is 13.0. The fourth-order valence-electron chi connectivity index (χ4n) is 3.88. The molecule has 9 heteroatoms. The lowest BCUT2D eigenvalue weighted by Gasteiger charge is -2.32. The summed E-state index contributed by atoms with van der Waals surface area (Å²) in [5, 5.41) is 17.5. The predicted molar refractivity (Wildman–Crippen MR) is 126 cm³/mol. The van der Waals surface area contributed by atoms with Gasteiger partial charge in [0.1, 0.15) is 11.5 Å². The van der Waals surface area contributed by atoms with Gasteiger partial charge in [-0.1, -0.05) is 18.2 Å². The number of anilines is 2. The number of piperidine rings is 1. The van der Waals surface area contributed by atoms with E-state index in [2.05, 4.69) is 10.6 Å². The highest BCUT2D eigenvalue weighted by molar-refractivity contribution is 5.96. The fourth-order valence-corrected chi connectivity index (χ4v) is 3.88. The molecule has 0 saturated carbocycles. The van der Waals surface area contributed by atoms with Crippen molar-refractivity contribution in [2.24, 2.45) is 0 Å². The molecule has 1 fully saturated rings. The molecule has 0 aliphatic carbocycles. The number of rotatable bonds is 6. The van der Waals surface area contributed by atoms with Crippen LogP contribution in [0.1, 0.15) is 33.6 Å². The first-order valence-corrected chi connectivity index (χ1v) is 10.9. The molecular weight excluding hydrogens is 439 g/mol. The molecule has 0 aromatic heterocycles. The quantitative estimate of drug-likeness (QED) is 0.414. The van der Waals surface area contributed by atoms with E-state index in [1.54, 1.807) is 23.1 Å². The second-order valence-electron chi connectivity index (χ2n) is 8.03. The van der Waals surface area contributed by atoms with Gasteiger partial charge in [-0.3, -0.25) is 19.7 Å². The summed E-state index contributed by atoms with van der Waals surface area (Å²) in [6, 6.07) is 18.7. The Hall–Kier alpha value is -4.27. The van der Waals surface area contributed by atoms with Gasteiger partial charge in [-0.2, -0.15) is 0 Å². The molecule has 0 unspecified atom stereocenters. The Morgan fingerprint density at radius 3 is 2.24 bits per heavy atom. The number of hydrogen-bond donors (Lipinski definition) is 2. The van der Waals surface area contributed by atoms with Gasteiger partial charge in [0.25, 0.3) is 17.5 Å². The topological polar surface area (TPSA) is 105 Å². The monoisotopic (exact) mass is 462 g/mol. The molecule has 174 valence electrons. The number of benzene rings is 3. The van der Waals surface area contributed by atoms with Gasteiger partial charge in [0, 0.05) is 42.0 Å². The number of nitrogens with one attached hydrogen (secondary N) is 2. The van der Waals surface area contributed by atoms with Gasteiger partial charge in [0.05, 0.1) is 4.92 Å². The summed E-state index contributed by atoms with van der Waals surface area (Å²) in [6.45, 7) is 0.816. The zero-order valence-corrected chi connectivity index (χ0v) is 18.2. The van der Waals surface area contributed by atoms with Gasteiger partial charge in [-0.25, -0.2) is 4.39 Å². The Kier molecular flexibility index (Phi) is 6.82. The van der Waals surface area contributed by atoms with Crippen molar-refractivity contribution in [2.45, 2.75) is 18.9 Å². The third-order valence-electron chi connectivity index (χ3n) is 5.72. The van der Waals surface area contributed by atoms with E-state index < -0.39 is 10.7 Å². The van der Waals surface area contributed by atoms with Gasteiger partial charge in [0.2, 0.25) is 0 Å². The lowest BCUT2D eigenvalue weighted by molar-refractivity contribution is -0.383. The number of carbonyl (C=O) groups is 2. The van der Waals surface area contributed by atoms with E-state index in [0.29, 0.717) is 42.9 Å². The van der Waals surface area contributed by atoms with Crippen molar-refractivity contribution < 1.29 is 18.9 Å². The predicted octanol–water partition coefficient (Wildman–Crippen LogP) is 4.51. The van der Waals surface area contributed by atoms with E-state index in [1.807, 2.05) is 18.2 Å². The Morgan fingerprint density at radius 1 is 0.941 bits per heavy atom. The summed E-state index contributed by atoms with van der Waals surface area (Å²) in [7, 11) is 0. The van der Waals surface area contributed by atoms with Crippen molar-refractivity contribution in [1.29, 1.82) is 0 Å². The number of nitrogens with zero attached hydrogens (tertiary/aromatic N) is 2. The van der Waals surface area contributed by atoms with Crippen LogP contribution in [0.4, 0.5) is 21.5 Å². The molecule has 0 radical (unpaired) electrons. The standard InChI is InChI=1S/C25H23FN4O4/c26-19-9-6-17(7-10-19)24(31)28-21-12-14-29(15-13-21)25(32)18-8-11-22(23(16-18)30(33)34)27-20-4-2-1-3-5-20/h1-11,16,21,27H,12-15H2,(H,28,31). The van der Waals surface area contributed by atoms with Crippen molar-refractivity contribution in [2.75, 3.05) is 18.4 Å². The Balaban J connectivity index is 1.38. The van der Waals surface area contributed by atoms with Gasteiger partial charge >= 0.3 is 0 Å². The number of amides is 2. The minimum absolute atomic E-state index is 0.117. The van der Waals surface area contributed by atoms with Crippen LogP contribution >= 0.6 is 0 Å². The normalized spacial score (nSPS) is 13.9. The van der Waals surface area contributed by atoms with E-state index in [0.717, 1.165) is 0 Å². The fraction of sp³-hybridized carbons (Fsp3) is 0.200. The molecule has 2 amide bonds. The first kappa shape index (κ1) is 22.9. The number of halogens is 1. The third kappa shape index (κ3) is 5.37. The highest BCUT2D eigenvalue weighted by Crippen LogP contribution is 2.29. The summed E-state index contributed by atoms with van der Waals surface area (Å²) >= 11 is 0. The second kappa shape index (κ2) is 10.1. The Labute approximate surface area is 195 Å². The van der Waals surface area contributed by atoms with Gasteiger partial charge in [-0.15, -0.1) is 0 Å². The largest absolute Gasteiger partial charge is 0.350 e. The van der Waals surface area contributed by atoms with Crippen LogP contribution in [0.3, 0.4) is 0 Å². The van der Waals surface area contributed by atoms with E-state index >= 15 is 0 Å². The molecule has 1 aliphatic rings. The average molecular weight is 462 g/mol. The summed E-state index contributed by atoms with van der Waals surface area (Å²) in [5.41, 5.74) is 1.43. The van der Waals surface area contributed by atoms with Crippen LogP contribution in [-0.4, -0.2) is 40.8 Å². The summed E-state index contributed by atoms with van der Waals surface area (Å²) in [5.74, 6) is -0.993.